The van der Waals surface area contributed by atoms with Gasteiger partial charge in [-0.25, -0.2) is 0 Å². The largest absolute Gasteiger partial charge is 0.282 e. The van der Waals surface area contributed by atoms with Gasteiger partial charge in [-0.05, 0) is 37.5 Å². The third kappa shape index (κ3) is 2.39. The first-order valence-corrected chi connectivity index (χ1v) is 7.99. The van der Waals surface area contributed by atoms with E-state index in [1.54, 1.807) is 24.3 Å². The lowest BCUT2D eigenvalue weighted by molar-refractivity contribution is 0.598. The van der Waals surface area contributed by atoms with Crippen LogP contribution in [-0.2, 0) is 16.4 Å². The second-order valence-corrected chi connectivity index (χ2v) is 6.59. The van der Waals surface area contributed by atoms with Gasteiger partial charge in [0.2, 0.25) is 0 Å². The summed E-state index contributed by atoms with van der Waals surface area (Å²) in [5, 5.41) is 0. The first-order valence-electron chi connectivity index (χ1n) is 6.55. The number of benzene rings is 2. The molecular weight excluding hydrogens is 270 g/mol. The molecule has 0 heterocycles. The molecule has 2 aromatic rings. The van der Waals surface area contributed by atoms with E-state index in [-0.39, 0.29) is 4.90 Å². The predicted molar refractivity (Wildman–Crippen MR) is 79.7 cm³/mol. The minimum atomic E-state index is -3.62. The highest BCUT2D eigenvalue weighted by atomic mass is 32.2. The van der Waals surface area contributed by atoms with E-state index in [9.17, 15) is 8.42 Å². The highest BCUT2D eigenvalue weighted by Crippen LogP contribution is 2.24. The van der Waals surface area contributed by atoms with Crippen LogP contribution in [0.15, 0.2) is 57.8 Å². The fraction of sp³-hybridized carbons (Fsp3) is 0.188. The Morgan fingerprint density at radius 1 is 0.950 bits per heavy atom. The van der Waals surface area contributed by atoms with E-state index in [4.69, 9.17) is 0 Å². The molecule has 20 heavy (non-hydrogen) atoms. The fourth-order valence-electron chi connectivity index (χ4n) is 2.41. The number of sulfonamides is 1. The molecule has 1 aliphatic carbocycles. The molecule has 0 aromatic heterocycles. The van der Waals surface area contributed by atoms with Crippen LogP contribution in [0.1, 0.15) is 23.1 Å². The van der Waals surface area contributed by atoms with Crippen LogP contribution in [-0.4, -0.2) is 14.1 Å². The average molecular weight is 285 g/mol. The maximum absolute atomic E-state index is 12.3. The van der Waals surface area contributed by atoms with E-state index in [0.717, 1.165) is 17.5 Å². The van der Waals surface area contributed by atoms with Gasteiger partial charge in [0.25, 0.3) is 10.0 Å². The summed E-state index contributed by atoms with van der Waals surface area (Å²) < 4.78 is 28.7. The van der Waals surface area contributed by atoms with Gasteiger partial charge in [-0.1, -0.05) is 42.0 Å². The SMILES string of the molecule is Cc1ccc(S(=O)(=O)/N=C2/CCc3ccccc32)cc1. The number of fused-ring (bicyclic) bond motifs is 1. The van der Waals surface area contributed by atoms with Crippen molar-refractivity contribution in [1.82, 2.24) is 0 Å². The van der Waals surface area contributed by atoms with Crippen LogP contribution in [0.5, 0.6) is 0 Å². The van der Waals surface area contributed by atoms with Crippen molar-refractivity contribution in [2.45, 2.75) is 24.7 Å². The second kappa shape index (κ2) is 4.87. The van der Waals surface area contributed by atoms with E-state index >= 15 is 0 Å². The van der Waals surface area contributed by atoms with E-state index in [1.807, 2.05) is 31.2 Å². The third-order valence-corrected chi connectivity index (χ3v) is 4.84. The minimum absolute atomic E-state index is 0.250. The van der Waals surface area contributed by atoms with E-state index in [1.165, 1.54) is 5.56 Å². The lowest BCUT2D eigenvalue weighted by atomic mass is 10.1. The third-order valence-electron chi connectivity index (χ3n) is 3.51. The first kappa shape index (κ1) is 13.1. The number of aryl methyl sites for hydroxylation is 2. The average Bonchev–Trinajstić information content (AvgIpc) is 2.82. The van der Waals surface area contributed by atoms with Gasteiger partial charge in [0.15, 0.2) is 0 Å². The summed E-state index contributed by atoms with van der Waals surface area (Å²) >= 11 is 0. The number of rotatable bonds is 2. The summed E-state index contributed by atoms with van der Waals surface area (Å²) in [7, 11) is -3.62. The van der Waals surface area contributed by atoms with Crippen molar-refractivity contribution in [2.24, 2.45) is 4.40 Å². The normalized spacial score (nSPS) is 16.4. The zero-order chi connectivity index (χ0) is 14.2. The number of hydrogen-bond donors (Lipinski definition) is 0. The van der Waals surface area contributed by atoms with Crippen molar-refractivity contribution in [1.29, 1.82) is 0 Å². The summed E-state index contributed by atoms with van der Waals surface area (Å²) in [5.41, 5.74) is 3.83. The molecule has 102 valence electrons. The second-order valence-electron chi connectivity index (χ2n) is 4.98. The zero-order valence-electron chi connectivity index (χ0n) is 11.2. The molecule has 3 rings (SSSR count). The van der Waals surface area contributed by atoms with Crippen molar-refractivity contribution in [3.05, 3.63) is 65.2 Å². The van der Waals surface area contributed by atoms with Crippen molar-refractivity contribution in [3.63, 3.8) is 0 Å². The van der Waals surface area contributed by atoms with Gasteiger partial charge >= 0.3 is 0 Å². The van der Waals surface area contributed by atoms with Gasteiger partial charge in [-0.3, -0.25) is 0 Å². The molecule has 3 nitrogen and oxygen atoms in total. The van der Waals surface area contributed by atoms with Gasteiger partial charge < -0.3 is 0 Å². The summed E-state index contributed by atoms with van der Waals surface area (Å²) in [6.45, 7) is 1.93. The number of nitrogens with zero attached hydrogens (tertiary/aromatic N) is 1. The Kier molecular flexibility index (Phi) is 3.18. The van der Waals surface area contributed by atoms with Gasteiger partial charge in [0, 0.05) is 5.56 Å². The maximum atomic E-state index is 12.3. The van der Waals surface area contributed by atoms with Crippen LogP contribution >= 0.6 is 0 Å². The molecule has 0 aliphatic heterocycles. The van der Waals surface area contributed by atoms with E-state index in [0.29, 0.717) is 12.1 Å². The number of hydrogen-bond acceptors (Lipinski definition) is 2. The summed E-state index contributed by atoms with van der Waals surface area (Å²) in [6, 6.07) is 14.6. The molecule has 0 saturated heterocycles. The van der Waals surface area contributed by atoms with Gasteiger partial charge in [0.1, 0.15) is 0 Å². The van der Waals surface area contributed by atoms with Crippen molar-refractivity contribution >= 4 is 15.7 Å². The zero-order valence-corrected chi connectivity index (χ0v) is 12.0. The van der Waals surface area contributed by atoms with E-state index < -0.39 is 10.0 Å². The van der Waals surface area contributed by atoms with Crippen molar-refractivity contribution < 1.29 is 8.42 Å². The molecule has 0 spiro atoms. The summed E-state index contributed by atoms with van der Waals surface area (Å²) in [6.07, 6.45) is 1.54. The maximum Gasteiger partial charge on any atom is 0.282 e. The predicted octanol–water partition coefficient (Wildman–Crippen LogP) is 3.12. The quantitative estimate of drug-likeness (QED) is 0.851. The molecule has 0 amide bonds. The molecule has 0 atom stereocenters. The first-order chi connectivity index (χ1) is 9.56. The minimum Gasteiger partial charge on any atom is -0.199 e. The van der Waals surface area contributed by atoms with Crippen LogP contribution in [0, 0.1) is 6.92 Å². The summed E-state index contributed by atoms with van der Waals surface area (Å²) in [5.74, 6) is 0. The molecule has 2 aromatic carbocycles. The lowest BCUT2D eigenvalue weighted by Gasteiger charge is -2.02. The molecule has 0 fully saturated rings. The Morgan fingerprint density at radius 3 is 2.40 bits per heavy atom. The highest BCUT2D eigenvalue weighted by Gasteiger charge is 2.21. The summed E-state index contributed by atoms with van der Waals surface area (Å²) in [4.78, 5) is 0.250. The molecule has 4 heteroatoms. The van der Waals surface area contributed by atoms with Crippen molar-refractivity contribution in [2.75, 3.05) is 0 Å². The highest BCUT2D eigenvalue weighted by molar-refractivity contribution is 7.90. The molecule has 0 saturated carbocycles. The fourth-order valence-corrected chi connectivity index (χ4v) is 3.48. The van der Waals surface area contributed by atoms with Crippen LogP contribution < -0.4 is 0 Å². The molecular formula is C16H15NO2S. The van der Waals surface area contributed by atoms with Crippen LogP contribution in [0.2, 0.25) is 0 Å². The molecule has 0 N–H and O–H groups in total. The van der Waals surface area contributed by atoms with Crippen molar-refractivity contribution in [3.8, 4) is 0 Å². The van der Waals surface area contributed by atoms with Gasteiger partial charge in [-0.15, -0.1) is 0 Å². The smallest absolute Gasteiger partial charge is 0.199 e. The monoisotopic (exact) mass is 285 g/mol. The van der Waals surface area contributed by atoms with Crippen LogP contribution in [0.3, 0.4) is 0 Å². The Balaban J connectivity index is 2.02. The Bertz CT molecular complexity index is 774. The van der Waals surface area contributed by atoms with Crippen LogP contribution in [0.4, 0.5) is 0 Å². The molecule has 0 unspecified atom stereocenters. The Labute approximate surface area is 119 Å². The Hall–Kier alpha value is -1.94. The molecule has 0 radical (unpaired) electrons. The van der Waals surface area contributed by atoms with Gasteiger partial charge in [0.05, 0.1) is 10.6 Å². The standard InChI is InChI=1S/C16H15NO2S/c1-12-6-9-14(10-7-12)20(18,19)17-16-11-8-13-4-2-3-5-15(13)16/h2-7,9-10H,8,11H2,1H3/b17-16-. The Morgan fingerprint density at radius 2 is 1.65 bits per heavy atom. The van der Waals surface area contributed by atoms with Crippen LogP contribution in [0.25, 0.3) is 0 Å². The van der Waals surface area contributed by atoms with E-state index in [2.05, 4.69) is 4.40 Å². The lowest BCUT2D eigenvalue weighted by Crippen LogP contribution is -2.03. The topological polar surface area (TPSA) is 46.5 Å². The molecule has 1 aliphatic rings. The molecule has 0 bridgehead atoms. The van der Waals surface area contributed by atoms with Gasteiger partial charge in [-0.2, -0.15) is 12.8 Å².